The lowest BCUT2D eigenvalue weighted by atomic mass is 10.0. The van der Waals surface area contributed by atoms with Gasteiger partial charge in [0.25, 0.3) is 5.91 Å². The molecule has 1 rings (SSSR count). The topological polar surface area (TPSA) is 89.8 Å². The van der Waals surface area contributed by atoms with E-state index in [-0.39, 0.29) is 0 Å². The number of aliphatic hydroxyl groups excluding tert-OH is 3. The average Bonchev–Trinajstić information content (AvgIpc) is 2.73. The van der Waals surface area contributed by atoms with Gasteiger partial charge >= 0.3 is 0 Å². The number of hydrogen-bond donors (Lipinski definition) is 4. The van der Waals surface area contributed by atoms with E-state index in [0.29, 0.717) is 4.88 Å². The highest BCUT2D eigenvalue weighted by Crippen LogP contribution is 2.16. The molecule has 90 valence electrons. The molecule has 0 radical (unpaired) electrons. The summed E-state index contributed by atoms with van der Waals surface area (Å²) in [6.07, 6.45) is 0. The predicted molar refractivity (Wildman–Crippen MR) is 60.5 cm³/mol. The van der Waals surface area contributed by atoms with Gasteiger partial charge in [-0.05, 0) is 19.1 Å². The molecule has 0 saturated carbocycles. The van der Waals surface area contributed by atoms with E-state index in [1.807, 2.05) is 6.92 Å². The maximum atomic E-state index is 11.7. The molecule has 0 atom stereocenters. The van der Waals surface area contributed by atoms with Crippen LogP contribution in [0.4, 0.5) is 0 Å². The Balaban J connectivity index is 2.76. The molecule has 0 aromatic carbocycles. The maximum absolute atomic E-state index is 11.7. The SMILES string of the molecule is Cc1ccc(C(=O)NC(CO)(CO)CO)s1. The molecule has 0 aliphatic heterocycles. The van der Waals surface area contributed by atoms with Gasteiger partial charge in [0, 0.05) is 4.88 Å². The lowest BCUT2D eigenvalue weighted by molar-refractivity contribution is 0.0377. The standard InChI is InChI=1S/C10H15NO4S/c1-7-2-3-8(16-7)9(15)11-10(4-12,5-13)6-14/h2-3,12-14H,4-6H2,1H3,(H,11,15). The maximum Gasteiger partial charge on any atom is 0.262 e. The van der Waals surface area contributed by atoms with E-state index < -0.39 is 31.3 Å². The van der Waals surface area contributed by atoms with Crippen molar-refractivity contribution in [2.24, 2.45) is 0 Å². The van der Waals surface area contributed by atoms with E-state index in [0.717, 1.165) is 4.88 Å². The lowest BCUT2D eigenvalue weighted by Gasteiger charge is -2.28. The highest BCUT2D eigenvalue weighted by molar-refractivity contribution is 7.13. The van der Waals surface area contributed by atoms with Crippen LogP contribution in [0.15, 0.2) is 12.1 Å². The highest BCUT2D eigenvalue weighted by Gasteiger charge is 2.30. The largest absolute Gasteiger partial charge is 0.394 e. The Morgan fingerprint density at radius 3 is 2.25 bits per heavy atom. The minimum Gasteiger partial charge on any atom is -0.394 e. The van der Waals surface area contributed by atoms with Crippen molar-refractivity contribution >= 4 is 17.2 Å². The number of rotatable bonds is 5. The van der Waals surface area contributed by atoms with E-state index in [9.17, 15) is 4.79 Å². The Hall–Kier alpha value is -0.950. The molecule has 0 spiro atoms. The first kappa shape index (κ1) is 13.1. The summed E-state index contributed by atoms with van der Waals surface area (Å²) in [6.45, 7) is 0.321. The summed E-state index contributed by atoms with van der Waals surface area (Å²) in [5, 5.41) is 29.6. The zero-order chi connectivity index (χ0) is 12.2. The van der Waals surface area contributed by atoms with Gasteiger partial charge in [0.2, 0.25) is 0 Å². The number of thiophene rings is 1. The van der Waals surface area contributed by atoms with Gasteiger partial charge in [0.05, 0.1) is 24.7 Å². The Kier molecular flexibility index (Phi) is 4.43. The molecule has 6 heteroatoms. The third kappa shape index (κ3) is 2.79. The summed E-state index contributed by atoms with van der Waals surface area (Å²) < 4.78 is 0. The van der Waals surface area contributed by atoms with Gasteiger partial charge in [-0.15, -0.1) is 11.3 Å². The number of hydrogen-bond acceptors (Lipinski definition) is 5. The Bertz CT molecular complexity index is 351. The molecule has 0 unspecified atom stereocenters. The molecule has 1 aromatic heterocycles. The first-order chi connectivity index (χ1) is 7.56. The number of nitrogens with one attached hydrogen (secondary N) is 1. The first-order valence-electron chi connectivity index (χ1n) is 4.78. The van der Waals surface area contributed by atoms with Gasteiger partial charge in [-0.25, -0.2) is 0 Å². The van der Waals surface area contributed by atoms with Gasteiger partial charge in [-0.2, -0.15) is 0 Å². The van der Waals surface area contributed by atoms with Crippen LogP contribution in [0, 0.1) is 6.92 Å². The molecule has 0 saturated heterocycles. The number of carbonyl (C=O) groups is 1. The number of carbonyl (C=O) groups excluding carboxylic acids is 1. The summed E-state index contributed by atoms with van der Waals surface area (Å²) in [6, 6.07) is 3.46. The Labute approximate surface area is 97.4 Å². The van der Waals surface area contributed by atoms with Gasteiger partial charge in [0.1, 0.15) is 5.54 Å². The van der Waals surface area contributed by atoms with Crippen molar-refractivity contribution in [3.8, 4) is 0 Å². The van der Waals surface area contributed by atoms with Crippen LogP contribution in [0.5, 0.6) is 0 Å². The molecule has 1 amide bonds. The Morgan fingerprint density at radius 2 is 1.88 bits per heavy atom. The molecule has 1 aromatic rings. The van der Waals surface area contributed by atoms with Crippen molar-refractivity contribution < 1.29 is 20.1 Å². The van der Waals surface area contributed by atoms with Crippen molar-refractivity contribution in [3.63, 3.8) is 0 Å². The summed E-state index contributed by atoms with van der Waals surface area (Å²) in [7, 11) is 0. The van der Waals surface area contributed by atoms with Crippen LogP contribution in [0.3, 0.4) is 0 Å². The van der Waals surface area contributed by atoms with Crippen molar-refractivity contribution in [3.05, 3.63) is 21.9 Å². The number of aryl methyl sites for hydroxylation is 1. The number of aliphatic hydroxyl groups is 3. The lowest BCUT2D eigenvalue weighted by Crippen LogP contribution is -2.56. The van der Waals surface area contributed by atoms with Gasteiger partial charge in [0.15, 0.2) is 0 Å². The molecule has 16 heavy (non-hydrogen) atoms. The van der Waals surface area contributed by atoms with Crippen molar-refractivity contribution in [1.82, 2.24) is 5.32 Å². The fourth-order valence-electron chi connectivity index (χ4n) is 1.13. The smallest absolute Gasteiger partial charge is 0.262 e. The predicted octanol–water partition coefficient (Wildman–Crippen LogP) is -0.498. The van der Waals surface area contributed by atoms with E-state index in [4.69, 9.17) is 15.3 Å². The molecule has 0 bridgehead atoms. The van der Waals surface area contributed by atoms with Crippen molar-refractivity contribution in [2.75, 3.05) is 19.8 Å². The molecule has 0 aliphatic carbocycles. The third-order valence-corrected chi connectivity index (χ3v) is 3.25. The van der Waals surface area contributed by atoms with Gasteiger partial charge in [-0.1, -0.05) is 0 Å². The van der Waals surface area contributed by atoms with Crippen LogP contribution in [0.25, 0.3) is 0 Å². The van der Waals surface area contributed by atoms with Crippen LogP contribution in [0.1, 0.15) is 14.5 Å². The summed E-state index contributed by atoms with van der Waals surface area (Å²) in [4.78, 5) is 13.2. The molecule has 5 nitrogen and oxygen atoms in total. The van der Waals surface area contributed by atoms with Crippen molar-refractivity contribution in [2.45, 2.75) is 12.5 Å². The average molecular weight is 245 g/mol. The quantitative estimate of drug-likeness (QED) is 0.563. The normalized spacial score (nSPS) is 11.5. The van der Waals surface area contributed by atoms with Crippen LogP contribution < -0.4 is 5.32 Å². The second kappa shape index (κ2) is 5.40. The summed E-state index contributed by atoms with van der Waals surface area (Å²) >= 11 is 1.31. The zero-order valence-corrected chi connectivity index (χ0v) is 9.75. The second-order valence-electron chi connectivity index (χ2n) is 3.62. The molecular formula is C10H15NO4S. The minimum atomic E-state index is -1.37. The van der Waals surface area contributed by atoms with Crippen molar-refractivity contribution in [1.29, 1.82) is 0 Å². The summed E-state index contributed by atoms with van der Waals surface area (Å²) in [5.41, 5.74) is -1.37. The molecule has 0 aliphatic rings. The number of amides is 1. The minimum absolute atomic E-state index is 0.407. The zero-order valence-electron chi connectivity index (χ0n) is 8.93. The van der Waals surface area contributed by atoms with Crippen LogP contribution in [-0.2, 0) is 0 Å². The highest BCUT2D eigenvalue weighted by atomic mass is 32.1. The molecule has 4 N–H and O–H groups in total. The van der Waals surface area contributed by atoms with Gasteiger partial charge in [-0.3, -0.25) is 4.79 Å². The van der Waals surface area contributed by atoms with E-state index in [2.05, 4.69) is 5.32 Å². The second-order valence-corrected chi connectivity index (χ2v) is 4.91. The fourth-order valence-corrected chi connectivity index (χ4v) is 1.89. The summed E-state index contributed by atoms with van der Waals surface area (Å²) in [5.74, 6) is -0.407. The van der Waals surface area contributed by atoms with Gasteiger partial charge < -0.3 is 20.6 Å². The third-order valence-electron chi connectivity index (χ3n) is 2.25. The van der Waals surface area contributed by atoms with E-state index in [1.165, 1.54) is 11.3 Å². The monoisotopic (exact) mass is 245 g/mol. The van der Waals surface area contributed by atoms with E-state index in [1.54, 1.807) is 12.1 Å². The molecule has 1 heterocycles. The van der Waals surface area contributed by atoms with E-state index >= 15 is 0 Å². The molecular weight excluding hydrogens is 230 g/mol. The van der Waals surface area contributed by atoms with Crippen LogP contribution in [-0.4, -0.2) is 46.6 Å². The van der Waals surface area contributed by atoms with Crippen LogP contribution >= 0.6 is 11.3 Å². The Morgan fingerprint density at radius 1 is 1.31 bits per heavy atom. The fraction of sp³-hybridized carbons (Fsp3) is 0.500. The van der Waals surface area contributed by atoms with Crippen LogP contribution in [0.2, 0.25) is 0 Å². The molecule has 0 fully saturated rings. The first-order valence-corrected chi connectivity index (χ1v) is 5.60.